The normalized spacial score (nSPS) is 22.1. The zero-order valence-corrected chi connectivity index (χ0v) is 13.8. The number of aliphatic carboxylic acids is 1. The van der Waals surface area contributed by atoms with E-state index in [1.807, 2.05) is 48.5 Å². The van der Waals surface area contributed by atoms with E-state index in [-0.39, 0.29) is 13.2 Å². The first kappa shape index (κ1) is 17.0. The van der Waals surface area contributed by atoms with E-state index in [2.05, 4.69) is 0 Å². The molecule has 0 saturated carbocycles. The molecule has 6 heteroatoms. The maximum absolute atomic E-state index is 12.3. The van der Waals surface area contributed by atoms with Gasteiger partial charge in [-0.05, 0) is 11.1 Å². The fourth-order valence-corrected chi connectivity index (χ4v) is 3.14. The van der Waals surface area contributed by atoms with Gasteiger partial charge in [-0.1, -0.05) is 60.7 Å². The largest absolute Gasteiger partial charge is 0.480 e. The summed E-state index contributed by atoms with van der Waals surface area (Å²) in [6.45, 7) is 0.214. The van der Waals surface area contributed by atoms with Crippen molar-refractivity contribution in [3.63, 3.8) is 0 Å². The maximum atomic E-state index is 12.3. The number of carboxylic acid groups (broad SMARTS) is 1. The second kappa shape index (κ2) is 6.94. The monoisotopic (exact) mass is 341 g/mol. The Kier molecular flexibility index (Phi) is 4.72. The van der Waals surface area contributed by atoms with Crippen molar-refractivity contribution in [3.8, 4) is 0 Å². The van der Waals surface area contributed by atoms with Crippen molar-refractivity contribution in [1.82, 2.24) is 4.90 Å². The van der Waals surface area contributed by atoms with Gasteiger partial charge in [-0.25, -0.2) is 9.59 Å². The molecule has 2 aromatic carbocycles. The predicted molar refractivity (Wildman–Crippen MR) is 89.9 cm³/mol. The molecule has 1 amide bonds. The number of rotatable bonds is 5. The van der Waals surface area contributed by atoms with E-state index in [1.54, 1.807) is 12.1 Å². The van der Waals surface area contributed by atoms with Gasteiger partial charge >= 0.3 is 12.1 Å². The Labute approximate surface area is 145 Å². The average molecular weight is 341 g/mol. The molecule has 3 rings (SSSR count). The number of carboxylic acids is 1. The van der Waals surface area contributed by atoms with Crippen LogP contribution < -0.4 is 0 Å². The van der Waals surface area contributed by atoms with Crippen molar-refractivity contribution in [2.45, 2.75) is 18.2 Å². The first-order chi connectivity index (χ1) is 12.1. The van der Waals surface area contributed by atoms with Crippen molar-refractivity contribution in [2.24, 2.45) is 0 Å². The molecule has 25 heavy (non-hydrogen) atoms. The first-order valence-corrected chi connectivity index (χ1v) is 7.89. The van der Waals surface area contributed by atoms with Gasteiger partial charge in [-0.2, -0.15) is 0 Å². The average Bonchev–Trinajstić information content (AvgIpc) is 2.61. The third kappa shape index (κ3) is 3.08. The Balaban J connectivity index is 1.75. The van der Waals surface area contributed by atoms with Crippen LogP contribution >= 0.6 is 0 Å². The highest BCUT2D eigenvalue weighted by Gasteiger charge is 2.61. The topological polar surface area (TPSA) is 76.1 Å². The van der Waals surface area contributed by atoms with Gasteiger partial charge < -0.3 is 14.6 Å². The summed E-state index contributed by atoms with van der Waals surface area (Å²) < 4.78 is 10.8. The highest BCUT2D eigenvalue weighted by atomic mass is 16.6. The second-order valence-electron chi connectivity index (χ2n) is 5.87. The molecule has 0 aromatic heterocycles. The third-order valence-electron chi connectivity index (χ3n) is 4.46. The van der Waals surface area contributed by atoms with Gasteiger partial charge in [0.15, 0.2) is 6.04 Å². The Morgan fingerprint density at radius 1 is 1.12 bits per heavy atom. The zero-order chi connectivity index (χ0) is 17.9. The number of hydrogen-bond acceptors (Lipinski definition) is 4. The van der Waals surface area contributed by atoms with Gasteiger partial charge in [-0.3, -0.25) is 4.90 Å². The lowest BCUT2D eigenvalue weighted by Crippen LogP contribution is -2.72. The van der Waals surface area contributed by atoms with Crippen molar-refractivity contribution in [2.75, 3.05) is 13.7 Å². The van der Waals surface area contributed by atoms with Crippen LogP contribution in [0.3, 0.4) is 0 Å². The lowest BCUT2D eigenvalue weighted by Gasteiger charge is -2.53. The fraction of sp³-hybridized carbons (Fsp3) is 0.263. The predicted octanol–water partition coefficient (Wildman–Crippen LogP) is 2.63. The molecule has 1 aliphatic rings. The Bertz CT molecular complexity index is 749. The molecule has 0 aliphatic carbocycles. The van der Waals surface area contributed by atoms with Crippen LogP contribution in [0.1, 0.15) is 11.1 Å². The molecule has 6 nitrogen and oxygen atoms in total. The van der Waals surface area contributed by atoms with Gasteiger partial charge in [0.1, 0.15) is 12.2 Å². The molecule has 0 spiro atoms. The minimum atomic E-state index is -1.14. The molecular weight excluding hydrogens is 322 g/mol. The molecule has 1 N–H and O–H groups in total. The summed E-state index contributed by atoms with van der Waals surface area (Å²) in [7, 11) is 1.45. The van der Waals surface area contributed by atoms with Gasteiger partial charge in [0.2, 0.25) is 0 Å². The Morgan fingerprint density at radius 3 is 2.28 bits per heavy atom. The third-order valence-corrected chi connectivity index (χ3v) is 4.46. The zero-order valence-electron chi connectivity index (χ0n) is 13.8. The van der Waals surface area contributed by atoms with Crippen LogP contribution in [-0.2, 0) is 26.5 Å². The molecule has 0 bridgehead atoms. The second-order valence-corrected chi connectivity index (χ2v) is 5.87. The van der Waals surface area contributed by atoms with E-state index in [0.717, 1.165) is 11.1 Å². The number of carbonyl (C=O) groups excluding carboxylic acids is 1. The van der Waals surface area contributed by atoms with Crippen LogP contribution in [0.15, 0.2) is 60.7 Å². The quantitative estimate of drug-likeness (QED) is 0.905. The molecule has 0 unspecified atom stereocenters. The van der Waals surface area contributed by atoms with Gasteiger partial charge in [0, 0.05) is 7.11 Å². The Morgan fingerprint density at radius 2 is 1.72 bits per heavy atom. The number of likely N-dealkylation sites (tertiary alicyclic amines) is 1. The maximum Gasteiger partial charge on any atom is 0.411 e. The lowest BCUT2D eigenvalue weighted by atomic mass is 9.77. The number of methoxy groups -OCH3 is 1. The summed E-state index contributed by atoms with van der Waals surface area (Å²) in [5.74, 6) is -1.13. The molecular formula is C19H19NO5. The van der Waals surface area contributed by atoms with Crippen molar-refractivity contribution in [3.05, 3.63) is 71.8 Å². The van der Waals surface area contributed by atoms with Crippen LogP contribution in [-0.4, -0.2) is 41.8 Å². The number of hydrogen-bond donors (Lipinski definition) is 1. The highest BCUT2D eigenvalue weighted by molar-refractivity contribution is 5.84. The summed E-state index contributed by atoms with van der Waals surface area (Å²) in [4.78, 5) is 25.3. The van der Waals surface area contributed by atoms with Crippen molar-refractivity contribution < 1.29 is 24.2 Å². The Hall–Kier alpha value is -2.86. The molecule has 1 saturated heterocycles. The minimum Gasteiger partial charge on any atom is -0.480 e. The summed E-state index contributed by atoms with van der Waals surface area (Å²) in [5.41, 5.74) is 0.486. The summed E-state index contributed by atoms with van der Waals surface area (Å²) in [6.07, 6.45) is -0.667. The van der Waals surface area contributed by atoms with Gasteiger partial charge in [-0.15, -0.1) is 0 Å². The molecule has 2 atom stereocenters. The molecule has 0 radical (unpaired) electrons. The summed E-state index contributed by atoms with van der Waals surface area (Å²) in [6, 6.07) is 17.2. The summed E-state index contributed by atoms with van der Waals surface area (Å²) >= 11 is 0. The van der Waals surface area contributed by atoms with Gasteiger partial charge in [0.25, 0.3) is 0 Å². The van der Waals surface area contributed by atoms with Crippen LogP contribution in [0.25, 0.3) is 0 Å². The first-order valence-electron chi connectivity index (χ1n) is 7.89. The number of nitrogens with zero attached hydrogens (tertiary/aromatic N) is 1. The summed E-state index contributed by atoms with van der Waals surface area (Å²) in [5, 5.41) is 9.64. The number of ether oxygens (including phenoxy) is 2. The van der Waals surface area contributed by atoms with Crippen LogP contribution in [0.2, 0.25) is 0 Å². The number of benzene rings is 2. The van der Waals surface area contributed by atoms with E-state index in [4.69, 9.17) is 9.47 Å². The van der Waals surface area contributed by atoms with Crippen LogP contribution in [0.4, 0.5) is 4.79 Å². The van der Waals surface area contributed by atoms with E-state index < -0.39 is 23.7 Å². The van der Waals surface area contributed by atoms with Crippen molar-refractivity contribution in [1.29, 1.82) is 0 Å². The standard InChI is InChI=1S/C19H19NO5/c1-24-19(15-10-6-3-7-11-15)13-20(16(19)17(21)22)18(23)25-12-14-8-4-2-5-9-14/h2-11,16H,12-13H2,1H3,(H,21,22)/t16-,19+/m0/s1. The van der Waals surface area contributed by atoms with E-state index in [1.165, 1.54) is 12.0 Å². The van der Waals surface area contributed by atoms with Gasteiger partial charge in [0.05, 0.1) is 6.54 Å². The number of carbonyl (C=O) groups is 2. The molecule has 2 aromatic rings. The fourth-order valence-electron chi connectivity index (χ4n) is 3.14. The number of amides is 1. The van der Waals surface area contributed by atoms with E-state index in [0.29, 0.717) is 0 Å². The van der Waals surface area contributed by atoms with Crippen molar-refractivity contribution >= 4 is 12.1 Å². The molecule has 130 valence electrons. The highest BCUT2D eigenvalue weighted by Crippen LogP contribution is 2.42. The van der Waals surface area contributed by atoms with E-state index >= 15 is 0 Å². The minimum absolute atomic E-state index is 0.0911. The molecule has 1 heterocycles. The lowest BCUT2D eigenvalue weighted by molar-refractivity contribution is -0.192. The smallest absolute Gasteiger partial charge is 0.411 e. The molecule has 1 aliphatic heterocycles. The van der Waals surface area contributed by atoms with Crippen LogP contribution in [0, 0.1) is 0 Å². The van der Waals surface area contributed by atoms with E-state index in [9.17, 15) is 14.7 Å². The SMILES string of the molecule is CO[C@@]1(c2ccccc2)CN(C(=O)OCc2ccccc2)[C@H]1C(=O)O. The van der Waals surface area contributed by atoms with Crippen LogP contribution in [0.5, 0.6) is 0 Å². The molecule has 1 fully saturated rings.